The molecule has 0 spiro atoms. The van der Waals surface area contributed by atoms with Crippen molar-refractivity contribution in [3.05, 3.63) is 0 Å². The molecule has 1 N–H and O–H groups in total. The lowest BCUT2D eigenvalue weighted by atomic mass is 9.70. The number of nitrogens with one attached hydrogen (secondary N) is 1. The second-order valence-electron chi connectivity index (χ2n) is 7.02. The molecule has 2 atom stereocenters. The molecule has 0 bridgehead atoms. The van der Waals surface area contributed by atoms with E-state index in [4.69, 9.17) is 0 Å². The minimum Gasteiger partial charge on any atom is -0.315 e. The summed E-state index contributed by atoms with van der Waals surface area (Å²) in [5, 5.41) is 3.64. The zero-order valence-electron chi connectivity index (χ0n) is 12.7. The molecule has 0 radical (unpaired) electrons. The third-order valence-electron chi connectivity index (χ3n) is 5.22. The van der Waals surface area contributed by atoms with Gasteiger partial charge in [0, 0.05) is 12.1 Å². The van der Waals surface area contributed by atoms with Crippen LogP contribution in [0.5, 0.6) is 0 Å². The van der Waals surface area contributed by atoms with Crippen molar-refractivity contribution < 1.29 is 0 Å². The highest BCUT2D eigenvalue weighted by Crippen LogP contribution is 2.38. The molecule has 2 rings (SSSR count). The molecule has 1 aliphatic heterocycles. The van der Waals surface area contributed by atoms with Crippen LogP contribution in [0.25, 0.3) is 0 Å². The lowest BCUT2D eigenvalue weighted by Crippen LogP contribution is -2.58. The minimum atomic E-state index is 0.458. The van der Waals surface area contributed by atoms with Gasteiger partial charge in [-0.1, -0.05) is 39.5 Å². The Morgan fingerprint density at radius 3 is 2.17 bits per heavy atom. The Morgan fingerprint density at radius 1 is 0.944 bits per heavy atom. The van der Waals surface area contributed by atoms with Crippen LogP contribution in [-0.4, -0.2) is 37.1 Å². The van der Waals surface area contributed by atoms with Gasteiger partial charge in [0.25, 0.3) is 0 Å². The third-order valence-corrected chi connectivity index (χ3v) is 5.22. The van der Waals surface area contributed by atoms with E-state index < -0.39 is 0 Å². The molecule has 1 heterocycles. The number of hydrogen-bond donors (Lipinski definition) is 1. The van der Waals surface area contributed by atoms with Crippen LogP contribution in [0.15, 0.2) is 0 Å². The molecule has 2 nitrogen and oxygen atoms in total. The van der Waals surface area contributed by atoms with E-state index in [0.717, 1.165) is 6.04 Å². The zero-order valence-corrected chi connectivity index (χ0v) is 12.7. The van der Waals surface area contributed by atoms with Crippen LogP contribution in [0, 0.1) is 5.41 Å². The van der Waals surface area contributed by atoms with Gasteiger partial charge < -0.3 is 5.32 Å². The molecule has 0 aromatic heterocycles. The fourth-order valence-corrected chi connectivity index (χ4v) is 4.19. The molecule has 0 aromatic rings. The predicted octanol–water partition coefficient (Wildman–Crippen LogP) is 3.42. The van der Waals surface area contributed by atoms with Crippen LogP contribution in [0.3, 0.4) is 0 Å². The molecular formula is C16H32N2. The molecule has 1 saturated heterocycles. The Bertz CT molecular complexity index is 241. The van der Waals surface area contributed by atoms with E-state index in [-0.39, 0.29) is 0 Å². The van der Waals surface area contributed by atoms with E-state index in [0.29, 0.717) is 11.5 Å². The topological polar surface area (TPSA) is 15.3 Å². The highest BCUT2D eigenvalue weighted by atomic mass is 15.2. The standard InChI is InChI=1S/C16H32N2/c1-16(2)11-9-10-14(15(16)17-3)18-12-7-5-4-6-8-13-18/h14-15,17H,4-13H2,1-3H3. The molecule has 0 amide bonds. The molecule has 2 unspecified atom stereocenters. The van der Waals surface area contributed by atoms with Crippen LogP contribution >= 0.6 is 0 Å². The van der Waals surface area contributed by atoms with Crippen LogP contribution in [-0.2, 0) is 0 Å². The van der Waals surface area contributed by atoms with Gasteiger partial charge in [-0.3, -0.25) is 4.90 Å². The molecule has 0 aromatic carbocycles. The monoisotopic (exact) mass is 252 g/mol. The van der Waals surface area contributed by atoms with Gasteiger partial charge in [-0.15, -0.1) is 0 Å². The summed E-state index contributed by atoms with van der Waals surface area (Å²) in [5.74, 6) is 0. The summed E-state index contributed by atoms with van der Waals surface area (Å²) >= 11 is 0. The van der Waals surface area contributed by atoms with Gasteiger partial charge in [0.05, 0.1) is 0 Å². The number of nitrogens with zero attached hydrogens (tertiary/aromatic N) is 1. The molecular weight excluding hydrogens is 220 g/mol. The van der Waals surface area contributed by atoms with E-state index in [1.54, 1.807) is 0 Å². The summed E-state index contributed by atoms with van der Waals surface area (Å²) < 4.78 is 0. The number of likely N-dealkylation sites (N-methyl/N-ethyl adjacent to an activating group) is 1. The van der Waals surface area contributed by atoms with Crippen molar-refractivity contribution >= 4 is 0 Å². The maximum Gasteiger partial charge on any atom is 0.0271 e. The summed E-state index contributed by atoms with van der Waals surface area (Å²) in [6.45, 7) is 7.56. The van der Waals surface area contributed by atoms with Crippen molar-refractivity contribution in [2.45, 2.75) is 77.3 Å². The number of likely N-dealkylation sites (tertiary alicyclic amines) is 1. The largest absolute Gasteiger partial charge is 0.315 e. The van der Waals surface area contributed by atoms with Gasteiger partial charge in [0.1, 0.15) is 0 Å². The van der Waals surface area contributed by atoms with Gasteiger partial charge in [-0.05, 0) is 51.2 Å². The maximum atomic E-state index is 3.64. The first kappa shape index (κ1) is 14.3. The number of hydrogen-bond acceptors (Lipinski definition) is 2. The normalized spacial score (nSPS) is 34.8. The van der Waals surface area contributed by atoms with Gasteiger partial charge in [0.15, 0.2) is 0 Å². The van der Waals surface area contributed by atoms with Crippen molar-refractivity contribution in [3.8, 4) is 0 Å². The summed E-state index contributed by atoms with van der Waals surface area (Å²) in [4.78, 5) is 2.81. The van der Waals surface area contributed by atoms with Crippen LogP contribution < -0.4 is 5.32 Å². The third kappa shape index (κ3) is 3.27. The number of rotatable bonds is 2. The molecule has 2 heteroatoms. The van der Waals surface area contributed by atoms with E-state index in [1.165, 1.54) is 64.5 Å². The summed E-state index contributed by atoms with van der Waals surface area (Å²) in [6.07, 6.45) is 11.3. The first-order chi connectivity index (χ1) is 8.65. The second-order valence-corrected chi connectivity index (χ2v) is 7.02. The van der Waals surface area contributed by atoms with E-state index in [9.17, 15) is 0 Å². The Kier molecular flexibility index (Phi) is 5.08. The average Bonchev–Trinajstić information content (AvgIpc) is 2.27. The first-order valence-corrected chi connectivity index (χ1v) is 8.06. The van der Waals surface area contributed by atoms with Crippen LogP contribution in [0.1, 0.15) is 65.2 Å². The molecule has 2 aliphatic rings. The summed E-state index contributed by atoms with van der Waals surface area (Å²) in [6, 6.07) is 1.45. The van der Waals surface area contributed by atoms with Crippen molar-refractivity contribution in [1.82, 2.24) is 10.2 Å². The van der Waals surface area contributed by atoms with E-state index in [2.05, 4.69) is 31.1 Å². The van der Waals surface area contributed by atoms with E-state index in [1.807, 2.05) is 0 Å². The van der Waals surface area contributed by atoms with Gasteiger partial charge >= 0.3 is 0 Å². The van der Waals surface area contributed by atoms with Crippen molar-refractivity contribution in [2.75, 3.05) is 20.1 Å². The van der Waals surface area contributed by atoms with Crippen LogP contribution in [0.4, 0.5) is 0 Å². The predicted molar refractivity (Wildman–Crippen MR) is 78.9 cm³/mol. The molecule has 18 heavy (non-hydrogen) atoms. The van der Waals surface area contributed by atoms with E-state index >= 15 is 0 Å². The zero-order chi connectivity index (χ0) is 13.0. The maximum absolute atomic E-state index is 3.64. The molecule has 106 valence electrons. The molecule has 1 saturated carbocycles. The summed E-state index contributed by atoms with van der Waals surface area (Å²) in [7, 11) is 2.16. The Balaban J connectivity index is 2.03. The Hall–Kier alpha value is -0.0800. The highest BCUT2D eigenvalue weighted by molar-refractivity contribution is 4.97. The quantitative estimate of drug-likeness (QED) is 0.810. The molecule has 1 aliphatic carbocycles. The van der Waals surface area contributed by atoms with Crippen molar-refractivity contribution in [3.63, 3.8) is 0 Å². The Morgan fingerprint density at radius 2 is 1.56 bits per heavy atom. The fourth-order valence-electron chi connectivity index (χ4n) is 4.19. The first-order valence-electron chi connectivity index (χ1n) is 8.06. The van der Waals surface area contributed by atoms with Gasteiger partial charge in [0.2, 0.25) is 0 Å². The van der Waals surface area contributed by atoms with Crippen LogP contribution in [0.2, 0.25) is 0 Å². The lowest BCUT2D eigenvalue weighted by molar-refractivity contribution is 0.0474. The second kappa shape index (κ2) is 6.38. The van der Waals surface area contributed by atoms with Crippen molar-refractivity contribution in [1.29, 1.82) is 0 Å². The minimum absolute atomic E-state index is 0.458. The lowest BCUT2D eigenvalue weighted by Gasteiger charge is -2.48. The fraction of sp³-hybridized carbons (Fsp3) is 1.00. The van der Waals surface area contributed by atoms with Gasteiger partial charge in [-0.25, -0.2) is 0 Å². The summed E-state index contributed by atoms with van der Waals surface area (Å²) in [5.41, 5.74) is 0.458. The van der Waals surface area contributed by atoms with Gasteiger partial charge in [-0.2, -0.15) is 0 Å². The SMILES string of the molecule is CNC1C(N2CCCCCCC2)CCCC1(C)C. The highest BCUT2D eigenvalue weighted by Gasteiger charge is 2.40. The van der Waals surface area contributed by atoms with Crippen molar-refractivity contribution in [2.24, 2.45) is 5.41 Å². The Labute approximate surface area is 114 Å². The molecule has 2 fully saturated rings. The average molecular weight is 252 g/mol. The smallest absolute Gasteiger partial charge is 0.0271 e.